The molecule has 0 bridgehead atoms. The molecule has 166 valence electrons. The van der Waals surface area contributed by atoms with Gasteiger partial charge in [0.2, 0.25) is 0 Å². The predicted molar refractivity (Wildman–Crippen MR) is 125 cm³/mol. The number of anilines is 1. The third-order valence-corrected chi connectivity index (χ3v) is 7.17. The van der Waals surface area contributed by atoms with E-state index in [4.69, 9.17) is 0 Å². The molecule has 1 heterocycles. The van der Waals surface area contributed by atoms with Gasteiger partial charge in [-0.2, -0.15) is 0 Å². The highest BCUT2D eigenvalue weighted by Crippen LogP contribution is 2.18. The van der Waals surface area contributed by atoms with Gasteiger partial charge in [0.1, 0.15) is 6.54 Å². The number of rotatable bonds is 6. The Morgan fingerprint density at radius 2 is 1.53 bits per heavy atom. The first-order valence-electron chi connectivity index (χ1n) is 10.8. The molecule has 0 aromatic heterocycles. The SMILES string of the molecule is Cc1ccc(NS(=O)(=O)c2ccc(C(=O)N3CC[NH+](Cc4ccccc4)CC3)cc2)cc1. The lowest BCUT2D eigenvalue weighted by Crippen LogP contribution is -3.13. The zero-order valence-electron chi connectivity index (χ0n) is 18.1. The molecule has 32 heavy (non-hydrogen) atoms. The molecule has 0 aliphatic carbocycles. The van der Waals surface area contributed by atoms with Crippen LogP contribution in [0.25, 0.3) is 0 Å². The van der Waals surface area contributed by atoms with Crippen LogP contribution in [-0.2, 0) is 16.6 Å². The van der Waals surface area contributed by atoms with Crippen LogP contribution in [0.5, 0.6) is 0 Å². The van der Waals surface area contributed by atoms with Gasteiger partial charge in [-0.05, 0) is 43.3 Å². The summed E-state index contributed by atoms with van der Waals surface area (Å²) < 4.78 is 27.9. The molecule has 0 spiro atoms. The van der Waals surface area contributed by atoms with E-state index in [1.165, 1.54) is 22.6 Å². The Morgan fingerprint density at radius 1 is 0.906 bits per heavy atom. The van der Waals surface area contributed by atoms with E-state index in [0.29, 0.717) is 24.3 Å². The third-order valence-electron chi connectivity index (χ3n) is 5.77. The topological polar surface area (TPSA) is 70.9 Å². The van der Waals surface area contributed by atoms with Crippen LogP contribution >= 0.6 is 0 Å². The number of piperazine rings is 1. The first-order chi connectivity index (χ1) is 15.4. The Hall–Kier alpha value is -3.16. The molecule has 0 atom stereocenters. The van der Waals surface area contributed by atoms with Gasteiger partial charge in [-0.3, -0.25) is 9.52 Å². The first-order valence-corrected chi connectivity index (χ1v) is 12.3. The molecule has 2 N–H and O–H groups in total. The van der Waals surface area contributed by atoms with E-state index in [9.17, 15) is 13.2 Å². The maximum atomic E-state index is 12.9. The molecule has 0 saturated carbocycles. The Labute approximate surface area is 189 Å². The van der Waals surface area contributed by atoms with Gasteiger partial charge in [-0.25, -0.2) is 8.42 Å². The second kappa shape index (κ2) is 9.54. The summed E-state index contributed by atoms with van der Waals surface area (Å²) in [6.45, 7) is 6.08. The van der Waals surface area contributed by atoms with E-state index in [2.05, 4.69) is 29.0 Å². The van der Waals surface area contributed by atoms with Crippen LogP contribution in [-0.4, -0.2) is 45.4 Å². The highest BCUT2D eigenvalue weighted by atomic mass is 32.2. The van der Waals surface area contributed by atoms with Crippen LogP contribution < -0.4 is 9.62 Å². The minimum Gasteiger partial charge on any atom is -0.328 e. The van der Waals surface area contributed by atoms with E-state index in [1.807, 2.05) is 30.0 Å². The van der Waals surface area contributed by atoms with Crippen molar-refractivity contribution in [2.24, 2.45) is 0 Å². The molecule has 1 saturated heterocycles. The number of benzene rings is 3. The number of quaternary nitrogens is 1. The van der Waals surface area contributed by atoms with E-state index in [0.717, 1.165) is 25.2 Å². The number of aryl methyl sites for hydroxylation is 1. The molecule has 6 nitrogen and oxygen atoms in total. The lowest BCUT2D eigenvalue weighted by atomic mass is 10.1. The van der Waals surface area contributed by atoms with Gasteiger partial charge in [0.25, 0.3) is 15.9 Å². The Kier molecular flexibility index (Phi) is 6.58. The molecule has 1 aliphatic rings. The van der Waals surface area contributed by atoms with Gasteiger partial charge < -0.3 is 9.80 Å². The van der Waals surface area contributed by atoms with Crippen LogP contribution in [0.4, 0.5) is 5.69 Å². The van der Waals surface area contributed by atoms with Crippen molar-refractivity contribution in [3.63, 3.8) is 0 Å². The maximum Gasteiger partial charge on any atom is 0.261 e. The minimum atomic E-state index is -3.71. The van der Waals surface area contributed by atoms with Crippen molar-refractivity contribution in [1.29, 1.82) is 0 Å². The van der Waals surface area contributed by atoms with Crippen LogP contribution in [0.1, 0.15) is 21.5 Å². The van der Waals surface area contributed by atoms with Gasteiger partial charge in [0, 0.05) is 16.8 Å². The number of amides is 1. The molecule has 1 fully saturated rings. The highest BCUT2D eigenvalue weighted by molar-refractivity contribution is 7.92. The molecule has 0 radical (unpaired) electrons. The maximum absolute atomic E-state index is 12.9. The molecule has 1 amide bonds. The Balaban J connectivity index is 1.35. The molecule has 1 aliphatic heterocycles. The molecule has 7 heteroatoms. The fourth-order valence-electron chi connectivity index (χ4n) is 3.88. The summed E-state index contributed by atoms with van der Waals surface area (Å²) in [4.78, 5) is 16.3. The second-order valence-electron chi connectivity index (χ2n) is 8.20. The fourth-order valence-corrected chi connectivity index (χ4v) is 4.94. The van der Waals surface area contributed by atoms with Crippen molar-refractivity contribution in [2.45, 2.75) is 18.4 Å². The van der Waals surface area contributed by atoms with Gasteiger partial charge in [0.05, 0.1) is 31.1 Å². The summed E-state index contributed by atoms with van der Waals surface area (Å²) in [5.41, 5.74) is 3.37. The fraction of sp³-hybridized carbons (Fsp3) is 0.240. The number of nitrogens with zero attached hydrogens (tertiary/aromatic N) is 1. The van der Waals surface area contributed by atoms with Crippen molar-refractivity contribution in [2.75, 3.05) is 30.9 Å². The van der Waals surface area contributed by atoms with E-state index in [1.54, 1.807) is 24.3 Å². The molecule has 4 rings (SSSR count). The summed E-state index contributed by atoms with van der Waals surface area (Å²) >= 11 is 0. The highest BCUT2D eigenvalue weighted by Gasteiger charge is 2.25. The Morgan fingerprint density at radius 3 is 2.16 bits per heavy atom. The Bertz CT molecular complexity index is 1150. The number of hydrogen-bond acceptors (Lipinski definition) is 3. The lowest BCUT2D eigenvalue weighted by molar-refractivity contribution is -0.917. The second-order valence-corrected chi connectivity index (χ2v) is 9.88. The average molecular weight is 451 g/mol. The van der Waals surface area contributed by atoms with Crippen LogP contribution in [0, 0.1) is 6.92 Å². The summed E-state index contributed by atoms with van der Waals surface area (Å²) in [5, 5.41) is 0. The molecule has 0 unspecified atom stereocenters. The summed E-state index contributed by atoms with van der Waals surface area (Å²) in [6, 6.07) is 23.7. The number of carbonyl (C=O) groups is 1. The number of hydrogen-bond donors (Lipinski definition) is 2. The van der Waals surface area contributed by atoms with Crippen molar-refractivity contribution in [1.82, 2.24) is 4.90 Å². The molecule has 3 aromatic rings. The summed E-state index contributed by atoms with van der Waals surface area (Å²) in [6.07, 6.45) is 0. The quantitative estimate of drug-likeness (QED) is 0.606. The van der Waals surface area contributed by atoms with E-state index < -0.39 is 10.0 Å². The summed E-state index contributed by atoms with van der Waals surface area (Å²) in [7, 11) is -3.71. The summed E-state index contributed by atoms with van der Waals surface area (Å²) in [5.74, 6) is -0.0563. The van der Waals surface area contributed by atoms with Crippen molar-refractivity contribution in [3.05, 3.63) is 95.6 Å². The molecular formula is C25H28N3O3S+. The minimum absolute atomic E-state index is 0.0563. The first kappa shape index (κ1) is 22.0. The van der Waals surface area contributed by atoms with Crippen molar-refractivity contribution in [3.8, 4) is 0 Å². The zero-order valence-corrected chi connectivity index (χ0v) is 18.9. The van der Waals surface area contributed by atoms with Crippen LogP contribution in [0.2, 0.25) is 0 Å². The number of sulfonamides is 1. The van der Waals surface area contributed by atoms with E-state index in [-0.39, 0.29) is 10.8 Å². The zero-order chi connectivity index (χ0) is 22.6. The largest absolute Gasteiger partial charge is 0.328 e. The van der Waals surface area contributed by atoms with Gasteiger partial charge in [-0.1, -0.05) is 48.0 Å². The van der Waals surface area contributed by atoms with Gasteiger partial charge >= 0.3 is 0 Å². The smallest absolute Gasteiger partial charge is 0.261 e. The number of nitrogens with one attached hydrogen (secondary N) is 2. The number of carbonyl (C=O) groups excluding carboxylic acids is 1. The van der Waals surface area contributed by atoms with Crippen molar-refractivity contribution < 1.29 is 18.1 Å². The van der Waals surface area contributed by atoms with Crippen LogP contribution in [0.3, 0.4) is 0 Å². The normalized spacial score (nSPS) is 14.8. The standard InChI is InChI=1S/C25H27N3O3S/c1-20-7-11-23(12-8-20)26-32(30,31)24-13-9-22(10-14-24)25(29)28-17-15-27(16-18-28)19-21-5-3-2-4-6-21/h2-14,26H,15-19H2,1H3/p+1. The van der Waals surface area contributed by atoms with Crippen LogP contribution in [0.15, 0.2) is 83.8 Å². The van der Waals surface area contributed by atoms with Gasteiger partial charge in [-0.15, -0.1) is 0 Å². The monoisotopic (exact) mass is 450 g/mol. The lowest BCUT2D eigenvalue weighted by Gasteiger charge is -2.32. The average Bonchev–Trinajstić information content (AvgIpc) is 2.81. The van der Waals surface area contributed by atoms with E-state index >= 15 is 0 Å². The van der Waals surface area contributed by atoms with Crippen molar-refractivity contribution >= 4 is 21.6 Å². The van der Waals surface area contributed by atoms with Gasteiger partial charge in [0.15, 0.2) is 0 Å². The molecular weight excluding hydrogens is 422 g/mol. The molecule has 3 aromatic carbocycles. The third kappa shape index (κ3) is 5.36. The predicted octanol–water partition coefficient (Wildman–Crippen LogP) is 2.34.